The second-order valence-corrected chi connectivity index (χ2v) is 12.1. The van der Waals surface area contributed by atoms with Crippen molar-refractivity contribution in [3.63, 3.8) is 0 Å². The quantitative estimate of drug-likeness (QED) is 0.301. The number of halogens is 4. The van der Waals surface area contributed by atoms with Crippen LogP contribution in [0.3, 0.4) is 0 Å². The lowest BCUT2D eigenvalue weighted by atomic mass is 10.1. The third-order valence-corrected chi connectivity index (χ3v) is 8.78. The molecule has 0 bridgehead atoms. The molecule has 0 radical (unpaired) electrons. The van der Waals surface area contributed by atoms with Crippen molar-refractivity contribution in [3.8, 4) is 11.1 Å². The van der Waals surface area contributed by atoms with Crippen molar-refractivity contribution >= 4 is 26.9 Å². The Morgan fingerprint density at radius 1 is 1.17 bits per heavy atom. The highest BCUT2D eigenvalue weighted by Crippen LogP contribution is 2.31. The summed E-state index contributed by atoms with van der Waals surface area (Å²) in [5.41, 5.74) is -0.602. The maximum absolute atomic E-state index is 13.6. The Morgan fingerprint density at radius 2 is 1.93 bits per heavy atom. The number of fused-ring (bicyclic) bond motifs is 1. The van der Waals surface area contributed by atoms with Crippen LogP contribution in [-0.4, -0.2) is 40.8 Å². The van der Waals surface area contributed by atoms with E-state index in [1.54, 1.807) is 13.8 Å². The average molecular weight is 607 g/mol. The van der Waals surface area contributed by atoms with Crippen molar-refractivity contribution in [2.45, 2.75) is 56.6 Å². The number of nitrogens with zero attached hydrogens (tertiary/aromatic N) is 3. The van der Waals surface area contributed by atoms with E-state index in [0.717, 1.165) is 34.8 Å². The minimum Gasteiger partial charge on any atom is -0.443 e. The van der Waals surface area contributed by atoms with E-state index >= 15 is 0 Å². The van der Waals surface area contributed by atoms with Gasteiger partial charge in [0, 0.05) is 54.1 Å². The zero-order valence-corrected chi connectivity index (χ0v) is 23.3. The van der Waals surface area contributed by atoms with E-state index < -0.39 is 50.3 Å². The monoisotopic (exact) mass is 606 g/mol. The van der Waals surface area contributed by atoms with Crippen LogP contribution in [-0.2, 0) is 27.5 Å². The van der Waals surface area contributed by atoms with Gasteiger partial charge >= 0.3 is 6.18 Å². The Hall–Kier alpha value is -4.04. The molecule has 0 aliphatic carbocycles. The van der Waals surface area contributed by atoms with Crippen molar-refractivity contribution in [1.82, 2.24) is 19.2 Å². The molecule has 42 heavy (non-hydrogen) atoms. The molecule has 1 fully saturated rings. The van der Waals surface area contributed by atoms with Crippen LogP contribution in [0, 0.1) is 5.82 Å². The molecule has 3 aromatic heterocycles. The molecule has 1 saturated heterocycles. The molecular formula is C28H26F4N4O5S. The topological polar surface area (TPSA) is 115 Å². The Morgan fingerprint density at radius 3 is 2.60 bits per heavy atom. The first kappa shape index (κ1) is 29.5. The predicted octanol–water partition coefficient (Wildman–Crippen LogP) is 4.86. The average Bonchev–Trinajstić information content (AvgIpc) is 3.60. The third-order valence-electron chi connectivity index (χ3n) is 7.01. The number of nitrogens with one attached hydrogen (secondary N) is 1. The van der Waals surface area contributed by atoms with Gasteiger partial charge in [-0.2, -0.15) is 17.5 Å². The van der Waals surface area contributed by atoms with Gasteiger partial charge in [-0.3, -0.25) is 14.6 Å². The van der Waals surface area contributed by atoms with E-state index in [0.29, 0.717) is 12.0 Å². The van der Waals surface area contributed by atoms with E-state index in [4.69, 9.17) is 4.42 Å². The van der Waals surface area contributed by atoms with Gasteiger partial charge in [-0.05, 0) is 62.6 Å². The highest BCUT2D eigenvalue weighted by atomic mass is 32.2. The number of pyridine rings is 2. The summed E-state index contributed by atoms with van der Waals surface area (Å²) < 4.78 is 87.1. The summed E-state index contributed by atoms with van der Waals surface area (Å²) in [5, 5.41) is 2.59. The van der Waals surface area contributed by atoms with Gasteiger partial charge in [0.15, 0.2) is 0 Å². The Labute approximate surface area is 237 Å². The van der Waals surface area contributed by atoms with Gasteiger partial charge in [0.05, 0.1) is 0 Å². The fraction of sp³-hybridized carbons (Fsp3) is 0.321. The molecular weight excluding hydrogens is 580 g/mol. The molecule has 14 heteroatoms. The summed E-state index contributed by atoms with van der Waals surface area (Å²) in [5.74, 6) is -1.12. The van der Waals surface area contributed by atoms with E-state index in [-0.39, 0.29) is 47.6 Å². The zero-order valence-electron chi connectivity index (χ0n) is 22.5. The Balaban J connectivity index is 1.37. The lowest BCUT2D eigenvalue weighted by Crippen LogP contribution is -2.45. The molecule has 1 amide bonds. The predicted molar refractivity (Wildman–Crippen MR) is 144 cm³/mol. The fourth-order valence-corrected chi connectivity index (χ4v) is 6.51. The molecule has 1 aliphatic rings. The molecule has 0 spiro atoms. The molecule has 9 nitrogen and oxygen atoms in total. The van der Waals surface area contributed by atoms with Gasteiger partial charge in [0.25, 0.3) is 15.6 Å². The lowest BCUT2D eigenvalue weighted by Gasteiger charge is -2.22. The Kier molecular flexibility index (Phi) is 7.70. The SMILES string of the molecule is CC(C)n1cc(CNC(=O)[C@@H]2CCCN2S(=O)(=O)c2cc3cc(F)ccc3o2)cc(-c2ccc(C(F)(F)F)nc2)c1=O. The van der Waals surface area contributed by atoms with Gasteiger partial charge in [-0.25, -0.2) is 12.8 Å². The van der Waals surface area contributed by atoms with Gasteiger partial charge in [-0.1, -0.05) is 6.07 Å². The molecule has 0 unspecified atom stereocenters. The normalized spacial score (nSPS) is 16.4. The molecule has 1 N–H and O–H groups in total. The summed E-state index contributed by atoms with van der Waals surface area (Å²) in [6.07, 6.45) is -1.44. The van der Waals surface area contributed by atoms with Crippen LogP contribution < -0.4 is 10.9 Å². The largest absolute Gasteiger partial charge is 0.443 e. The van der Waals surface area contributed by atoms with Crippen molar-refractivity contribution in [3.05, 3.63) is 82.3 Å². The number of aromatic nitrogens is 2. The summed E-state index contributed by atoms with van der Waals surface area (Å²) in [7, 11) is -4.22. The van der Waals surface area contributed by atoms with Gasteiger partial charge in [0.2, 0.25) is 11.0 Å². The molecule has 5 rings (SSSR count). The number of hydrogen-bond donors (Lipinski definition) is 1. The van der Waals surface area contributed by atoms with Crippen LogP contribution in [0.2, 0.25) is 0 Å². The van der Waals surface area contributed by atoms with Crippen LogP contribution in [0.5, 0.6) is 0 Å². The summed E-state index contributed by atoms with van der Waals surface area (Å²) in [6, 6.07) is 6.91. The smallest absolute Gasteiger partial charge is 0.433 e. The van der Waals surface area contributed by atoms with Crippen LogP contribution >= 0.6 is 0 Å². The first-order valence-corrected chi connectivity index (χ1v) is 14.5. The second kappa shape index (κ2) is 11.0. The van der Waals surface area contributed by atoms with E-state index in [9.17, 15) is 35.6 Å². The third kappa shape index (κ3) is 5.68. The van der Waals surface area contributed by atoms with E-state index in [1.807, 2.05) is 0 Å². The molecule has 1 aromatic carbocycles. The zero-order chi connectivity index (χ0) is 30.4. The Bertz CT molecular complexity index is 1810. The number of hydrogen-bond acceptors (Lipinski definition) is 6. The highest BCUT2D eigenvalue weighted by molar-refractivity contribution is 7.89. The molecule has 0 saturated carbocycles. The van der Waals surface area contributed by atoms with Gasteiger partial charge in [-0.15, -0.1) is 0 Å². The van der Waals surface area contributed by atoms with Crippen LogP contribution in [0.4, 0.5) is 17.6 Å². The minimum absolute atomic E-state index is 0.0785. The molecule has 222 valence electrons. The van der Waals surface area contributed by atoms with Gasteiger partial charge in [0.1, 0.15) is 23.1 Å². The summed E-state index contributed by atoms with van der Waals surface area (Å²) in [4.78, 5) is 29.7. The van der Waals surface area contributed by atoms with E-state index in [2.05, 4.69) is 10.3 Å². The second-order valence-electron chi connectivity index (χ2n) is 10.2. The van der Waals surface area contributed by atoms with Crippen LogP contribution in [0.15, 0.2) is 69.2 Å². The molecule has 4 heterocycles. The number of amides is 1. The molecule has 1 atom stereocenters. The first-order chi connectivity index (χ1) is 19.8. The number of alkyl halides is 3. The maximum Gasteiger partial charge on any atom is 0.433 e. The van der Waals surface area contributed by atoms with Crippen molar-refractivity contribution in [2.24, 2.45) is 0 Å². The molecule has 4 aromatic rings. The molecule has 1 aliphatic heterocycles. The van der Waals surface area contributed by atoms with Gasteiger partial charge < -0.3 is 14.3 Å². The van der Waals surface area contributed by atoms with Crippen molar-refractivity contribution < 1.29 is 35.2 Å². The maximum atomic E-state index is 13.6. The van der Waals surface area contributed by atoms with E-state index in [1.165, 1.54) is 29.0 Å². The van der Waals surface area contributed by atoms with Crippen LogP contribution in [0.25, 0.3) is 22.1 Å². The first-order valence-electron chi connectivity index (χ1n) is 13.0. The number of carbonyl (C=O) groups excluding carboxylic acids is 1. The fourth-order valence-electron chi connectivity index (χ4n) is 4.90. The number of carbonyl (C=O) groups is 1. The minimum atomic E-state index is -4.63. The van der Waals surface area contributed by atoms with Crippen molar-refractivity contribution in [1.29, 1.82) is 0 Å². The number of benzene rings is 1. The highest BCUT2D eigenvalue weighted by Gasteiger charge is 2.41. The standard InChI is InChI=1S/C28H26F4N4O5S/c1-16(2)35-15-17(10-21(27(35)38)18-5-8-24(33-14-18)28(30,31)32)13-34-26(37)22-4-3-9-36(22)42(39,40)25-12-19-11-20(29)6-7-23(19)41-25/h5-8,10-12,14-16,22H,3-4,9,13H2,1-2H3,(H,34,37)/t22-/m0/s1. The summed E-state index contributed by atoms with van der Waals surface area (Å²) in [6.45, 7) is 3.51. The van der Waals surface area contributed by atoms with Crippen LogP contribution in [0.1, 0.15) is 44.0 Å². The lowest BCUT2D eigenvalue weighted by molar-refractivity contribution is -0.141. The summed E-state index contributed by atoms with van der Waals surface area (Å²) >= 11 is 0. The number of furan rings is 1. The number of sulfonamides is 1. The number of rotatable bonds is 7. The van der Waals surface area contributed by atoms with Crippen molar-refractivity contribution in [2.75, 3.05) is 6.54 Å².